The van der Waals surface area contributed by atoms with Gasteiger partial charge in [0.25, 0.3) is 0 Å². The van der Waals surface area contributed by atoms with E-state index >= 15 is 0 Å². The number of hydrogen-bond donors (Lipinski definition) is 2. The average Bonchev–Trinajstić information content (AvgIpc) is 2.83. The normalized spacial score (nSPS) is 10.7. The van der Waals surface area contributed by atoms with Gasteiger partial charge < -0.3 is 10.4 Å². The average molecular weight is 329 g/mol. The van der Waals surface area contributed by atoms with E-state index in [1.54, 1.807) is 23.0 Å². The molecule has 2 N–H and O–H groups in total. The number of aliphatic hydroxyl groups is 1. The van der Waals surface area contributed by atoms with Crippen LogP contribution in [0.1, 0.15) is 12.1 Å². The summed E-state index contributed by atoms with van der Waals surface area (Å²) in [6.45, 7) is 1.14. The molecule has 1 aromatic carbocycles. The van der Waals surface area contributed by atoms with Crippen molar-refractivity contribution < 1.29 is 9.50 Å². The van der Waals surface area contributed by atoms with Crippen LogP contribution in [0.4, 0.5) is 10.1 Å². The monoisotopic (exact) mass is 328 g/mol. The number of aromatic nitrogens is 3. The lowest BCUT2D eigenvalue weighted by Gasteiger charge is -2.05. The summed E-state index contributed by atoms with van der Waals surface area (Å²) < 4.78 is 15.9. The number of hydrogen-bond acceptors (Lipinski definition) is 4. The van der Waals surface area contributed by atoms with E-state index in [2.05, 4.69) is 31.6 Å². The lowest BCUT2D eigenvalue weighted by Crippen LogP contribution is -2.02. The largest absolute Gasteiger partial charge is 0.396 e. The standard InChI is InChI=1S/C12H14BrFN4O/c13-9-2-3-12(11(14)6-9)15-7-10-8-18(17-16-10)4-1-5-19/h2-3,6,8,15,19H,1,4-5,7H2. The third-order valence-electron chi connectivity index (χ3n) is 2.52. The summed E-state index contributed by atoms with van der Waals surface area (Å²) in [5, 5.41) is 19.6. The molecule has 0 saturated heterocycles. The van der Waals surface area contributed by atoms with E-state index < -0.39 is 0 Å². The number of benzene rings is 1. The van der Waals surface area contributed by atoms with Crippen molar-refractivity contribution in [2.45, 2.75) is 19.5 Å². The minimum absolute atomic E-state index is 0.123. The van der Waals surface area contributed by atoms with Gasteiger partial charge in [-0.2, -0.15) is 0 Å². The van der Waals surface area contributed by atoms with E-state index in [0.29, 0.717) is 29.7 Å². The third kappa shape index (κ3) is 4.00. The van der Waals surface area contributed by atoms with E-state index in [0.717, 1.165) is 5.69 Å². The maximum Gasteiger partial charge on any atom is 0.147 e. The lowest BCUT2D eigenvalue weighted by molar-refractivity contribution is 0.276. The molecule has 7 heteroatoms. The van der Waals surface area contributed by atoms with Crippen molar-refractivity contribution in [2.75, 3.05) is 11.9 Å². The molecule has 0 amide bonds. The second-order valence-electron chi connectivity index (χ2n) is 4.03. The first-order valence-corrected chi connectivity index (χ1v) is 6.67. The molecule has 0 spiro atoms. The molecule has 0 fully saturated rings. The molecule has 1 aromatic heterocycles. The van der Waals surface area contributed by atoms with E-state index in [1.807, 2.05) is 0 Å². The van der Waals surface area contributed by atoms with E-state index in [1.165, 1.54) is 6.07 Å². The smallest absolute Gasteiger partial charge is 0.147 e. The van der Waals surface area contributed by atoms with Crippen LogP contribution in [-0.4, -0.2) is 26.7 Å². The van der Waals surface area contributed by atoms with Gasteiger partial charge in [-0.05, 0) is 24.6 Å². The van der Waals surface area contributed by atoms with E-state index in [4.69, 9.17) is 5.11 Å². The van der Waals surface area contributed by atoms with Gasteiger partial charge in [0.15, 0.2) is 0 Å². The summed E-state index contributed by atoms with van der Waals surface area (Å²) in [6, 6.07) is 4.83. The molecular formula is C12H14BrFN4O. The van der Waals surface area contributed by atoms with Crippen molar-refractivity contribution in [1.82, 2.24) is 15.0 Å². The Morgan fingerprint density at radius 3 is 3.00 bits per heavy atom. The van der Waals surface area contributed by atoms with Crippen LogP contribution in [0.3, 0.4) is 0 Å². The van der Waals surface area contributed by atoms with Crippen molar-refractivity contribution in [2.24, 2.45) is 0 Å². The quantitative estimate of drug-likeness (QED) is 0.853. The maximum atomic E-state index is 13.6. The summed E-state index contributed by atoms with van der Waals surface area (Å²) in [5.41, 5.74) is 1.15. The van der Waals surface area contributed by atoms with E-state index in [-0.39, 0.29) is 12.4 Å². The fraction of sp³-hybridized carbons (Fsp3) is 0.333. The van der Waals surface area contributed by atoms with Crippen LogP contribution in [-0.2, 0) is 13.1 Å². The molecule has 0 aliphatic carbocycles. The van der Waals surface area contributed by atoms with Crippen LogP contribution in [0.2, 0.25) is 0 Å². The highest BCUT2D eigenvalue weighted by atomic mass is 79.9. The molecular weight excluding hydrogens is 315 g/mol. The minimum Gasteiger partial charge on any atom is -0.396 e. The van der Waals surface area contributed by atoms with Gasteiger partial charge in [0.05, 0.1) is 18.4 Å². The van der Waals surface area contributed by atoms with Gasteiger partial charge in [-0.3, -0.25) is 4.68 Å². The summed E-state index contributed by atoms with van der Waals surface area (Å²) >= 11 is 3.21. The van der Waals surface area contributed by atoms with Gasteiger partial charge in [0.2, 0.25) is 0 Å². The predicted octanol–water partition coefficient (Wildman–Crippen LogP) is 2.17. The molecule has 2 aromatic rings. The summed E-state index contributed by atoms with van der Waals surface area (Å²) in [4.78, 5) is 0. The summed E-state index contributed by atoms with van der Waals surface area (Å²) in [6.07, 6.45) is 2.41. The highest BCUT2D eigenvalue weighted by Gasteiger charge is 2.04. The first-order valence-electron chi connectivity index (χ1n) is 5.88. The van der Waals surface area contributed by atoms with Crippen LogP contribution < -0.4 is 5.32 Å². The van der Waals surface area contributed by atoms with Crippen LogP contribution in [0.25, 0.3) is 0 Å². The molecule has 19 heavy (non-hydrogen) atoms. The van der Waals surface area contributed by atoms with Crippen LogP contribution in [0, 0.1) is 5.82 Å². The molecule has 2 rings (SSSR count). The Labute approximate surface area is 118 Å². The molecule has 0 unspecified atom stereocenters. The maximum absolute atomic E-state index is 13.6. The van der Waals surface area contributed by atoms with Crippen LogP contribution in [0.5, 0.6) is 0 Å². The first-order chi connectivity index (χ1) is 9.19. The number of aliphatic hydroxyl groups excluding tert-OH is 1. The van der Waals surface area contributed by atoms with Gasteiger partial charge in [0.1, 0.15) is 11.5 Å². The van der Waals surface area contributed by atoms with Crippen molar-refractivity contribution >= 4 is 21.6 Å². The molecule has 0 bridgehead atoms. The van der Waals surface area contributed by atoms with Gasteiger partial charge in [0, 0.05) is 17.6 Å². The van der Waals surface area contributed by atoms with Gasteiger partial charge >= 0.3 is 0 Å². The fourth-order valence-electron chi connectivity index (χ4n) is 1.58. The zero-order chi connectivity index (χ0) is 13.7. The molecule has 0 aliphatic heterocycles. The highest BCUT2D eigenvalue weighted by Crippen LogP contribution is 2.19. The van der Waals surface area contributed by atoms with Crippen molar-refractivity contribution in [3.63, 3.8) is 0 Å². The number of anilines is 1. The lowest BCUT2D eigenvalue weighted by atomic mass is 10.3. The molecule has 5 nitrogen and oxygen atoms in total. The Balaban J connectivity index is 1.92. The Hall–Kier alpha value is -1.47. The molecule has 102 valence electrons. The Morgan fingerprint density at radius 2 is 2.26 bits per heavy atom. The topological polar surface area (TPSA) is 63.0 Å². The SMILES string of the molecule is OCCCn1cc(CNc2ccc(Br)cc2F)nn1. The fourth-order valence-corrected chi connectivity index (χ4v) is 1.91. The molecule has 0 saturated carbocycles. The molecule has 1 heterocycles. The van der Waals surface area contributed by atoms with Crippen molar-refractivity contribution in [3.05, 3.63) is 40.4 Å². The molecule has 0 radical (unpaired) electrons. The summed E-state index contributed by atoms with van der Waals surface area (Å²) in [7, 11) is 0. The number of nitrogens with one attached hydrogen (secondary N) is 1. The van der Waals surface area contributed by atoms with E-state index in [9.17, 15) is 4.39 Å². The molecule has 0 atom stereocenters. The van der Waals surface area contributed by atoms with Gasteiger partial charge in [-0.1, -0.05) is 21.1 Å². The van der Waals surface area contributed by atoms with Crippen LogP contribution in [0.15, 0.2) is 28.9 Å². The third-order valence-corrected chi connectivity index (χ3v) is 3.02. The van der Waals surface area contributed by atoms with Gasteiger partial charge in [-0.15, -0.1) is 5.10 Å². The minimum atomic E-state index is -0.318. The number of nitrogens with zero attached hydrogens (tertiary/aromatic N) is 3. The second-order valence-corrected chi connectivity index (χ2v) is 4.94. The number of rotatable bonds is 6. The van der Waals surface area contributed by atoms with Crippen molar-refractivity contribution in [1.29, 1.82) is 0 Å². The second kappa shape index (κ2) is 6.63. The Kier molecular flexibility index (Phi) is 4.86. The Morgan fingerprint density at radius 1 is 1.42 bits per heavy atom. The summed E-state index contributed by atoms with van der Waals surface area (Å²) in [5.74, 6) is -0.318. The molecule has 0 aliphatic rings. The van der Waals surface area contributed by atoms with Gasteiger partial charge in [-0.25, -0.2) is 4.39 Å². The van der Waals surface area contributed by atoms with Crippen molar-refractivity contribution in [3.8, 4) is 0 Å². The zero-order valence-electron chi connectivity index (χ0n) is 10.2. The first kappa shape index (κ1) is 14.0. The highest BCUT2D eigenvalue weighted by molar-refractivity contribution is 9.10. The zero-order valence-corrected chi connectivity index (χ0v) is 11.8. The van der Waals surface area contributed by atoms with Crippen LogP contribution >= 0.6 is 15.9 Å². The Bertz CT molecular complexity index is 546. The number of aryl methyl sites for hydroxylation is 1. The number of halogens is 2. The predicted molar refractivity (Wildman–Crippen MR) is 73.2 cm³/mol.